The molecule has 132 valence electrons. The number of nitrogens with zero attached hydrogens (tertiary/aromatic N) is 1. The summed E-state index contributed by atoms with van der Waals surface area (Å²) in [6, 6.07) is 16.5. The van der Waals surface area contributed by atoms with Crippen molar-refractivity contribution in [2.75, 3.05) is 0 Å². The second-order valence-electron chi connectivity index (χ2n) is 5.72. The number of carbonyl (C=O) groups is 1. The number of fused-ring (bicyclic) bond motifs is 1. The molecule has 2 aromatic carbocycles. The highest BCUT2D eigenvalue weighted by Gasteiger charge is 2.21. The minimum Gasteiger partial charge on any atom is -0.452 e. The summed E-state index contributed by atoms with van der Waals surface area (Å²) in [5.74, 6) is -0.675. The highest BCUT2D eigenvalue weighted by atomic mass is 35.5. The molecule has 6 heteroatoms. The maximum absolute atomic E-state index is 13.0. The van der Waals surface area contributed by atoms with Crippen molar-refractivity contribution in [3.63, 3.8) is 0 Å². The summed E-state index contributed by atoms with van der Waals surface area (Å²) in [4.78, 5) is 29.3. The lowest BCUT2D eigenvalue weighted by atomic mass is 10.1. The molecule has 0 amide bonds. The van der Waals surface area contributed by atoms with E-state index in [1.807, 2.05) is 0 Å². The highest BCUT2D eigenvalue weighted by molar-refractivity contribution is 6.30. The number of hydrogen-bond acceptors (Lipinski definition) is 5. The fraction of sp³-hybridized carbons (Fsp3) is 0. The molecule has 0 fully saturated rings. The molecule has 0 atom stereocenters. The number of rotatable bonds is 3. The van der Waals surface area contributed by atoms with E-state index in [0.717, 1.165) is 0 Å². The maximum atomic E-state index is 13.0. The molecule has 0 radical (unpaired) electrons. The highest BCUT2D eigenvalue weighted by Crippen LogP contribution is 2.32. The summed E-state index contributed by atoms with van der Waals surface area (Å²) in [5.41, 5.74) is 0.819. The molecular weight excluding hydrogens is 366 g/mol. The zero-order chi connectivity index (χ0) is 18.8. The minimum absolute atomic E-state index is 0.165. The van der Waals surface area contributed by atoms with Crippen molar-refractivity contribution in [1.82, 2.24) is 4.98 Å². The van der Waals surface area contributed by atoms with Gasteiger partial charge in [0.1, 0.15) is 5.58 Å². The summed E-state index contributed by atoms with van der Waals surface area (Å²) in [5, 5.41) is 0.866. The lowest BCUT2D eigenvalue weighted by molar-refractivity contribution is 0.0731. The molecule has 0 saturated carbocycles. The van der Waals surface area contributed by atoms with E-state index in [1.54, 1.807) is 48.5 Å². The number of benzene rings is 2. The van der Waals surface area contributed by atoms with Crippen LogP contribution in [0.15, 0.2) is 82.3 Å². The van der Waals surface area contributed by atoms with Crippen molar-refractivity contribution < 1.29 is 13.9 Å². The van der Waals surface area contributed by atoms with Crippen LogP contribution in [0.25, 0.3) is 22.3 Å². The topological polar surface area (TPSA) is 69.4 Å². The second kappa shape index (κ2) is 7.05. The average molecular weight is 378 g/mol. The first-order chi connectivity index (χ1) is 13.1. The lowest BCUT2D eigenvalue weighted by Gasteiger charge is -2.10. The van der Waals surface area contributed by atoms with Gasteiger partial charge in [-0.15, -0.1) is 0 Å². The SMILES string of the molecule is O=C(Oc1c(-c2ccc(Cl)cc2)oc2ccccc2c1=O)c1ccncc1. The van der Waals surface area contributed by atoms with Crippen LogP contribution in [-0.2, 0) is 0 Å². The first-order valence-corrected chi connectivity index (χ1v) is 8.45. The van der Waals surface area contributed by atoms with E-state index in [-0.39, 0.29) is 17.1 Å². The molecule has 0 aliphatic heterocycles. The van der Waals surface area contributed by atoms with Crippen LogP contribution < -0.4 is 10.2 Å². The van der Waals surface area contributed by atoms with Gasteiger partial charge in [0.2, 0.25) is 11.2 Å². The molecule has 0 unspecified atom stereocenters. The van der Waals surface area contributed by atoms with Crippen LogP contribution in [0.1, 0.15) is 10.4 Å². The van der Waals surface area contributed by atoms with Gasteiger partial charge in [-0.25, -0.2) is 4.79 Å². The van der Waals surface area contributed by atoms with E-state index in [0.29, 0.717) is 21.6 Å². The first kappa shape index (κ1) is 17.0. The minimum atomic E-state index is -0.671. The van der Waals surface area contributed by atoms with Gasteiger partial charge in [0.05, 0.1) is 10.9 Å². The molecule has 0 bridgehead atoms. The number of ether oxygens (including phenoxy) is 1. The van der Waals surface area contributed by atoms with Crippen LogP contribution in [-0.4, -0.2) is 11.0 Å². The lowest BCUT2D eigenvalue weighted by Crippen LogP contribution is -2.16. The van der Waals surface area contributed by atoms with Gasteiger partial charge in [0.15, 0.2) is 5.76 Å². The van der Waals surface area contributed by atoms with Crippen molar-refractivity contribution in [2.45, 2.75) is 0 Å². The Bertz CT molecular complexity index is 1180. The summed E-state index contributed by atoms with van der Waals surface area (Å²) in [7, 11) is 0. The van der Waals surface area contributed by atoms with E-state index < -0.39 is 11.4 Å². The van der Waals surface area contributed by atoms with Crippen LogP contribution in [0.4, 0.5) is 0 Å². The van der Waals surface area contributed by atoms with Crippen LogP contribution >= 0.6 is 11.6 Å². The normalized spacial score (nSPS) is 10.7. The smallest absolute Gasteiger partial charge is 0.343 e. The maximum Gasteiger partial charge on any atom is 0.343 e. The monoisotopic (exact) mass is 377 g/mol. The molecule has 2 aromatic heterocycles. The summed E-state index contributed by atoms with van der Waals surface area (Å²) >= 11 is 5.95. The number of esters is 1. The number of halogens is 1. The summed E-state index contributed by atoms with van der Waals surface area (Å²) < 4.78 is 11.4. The molecule has 0 aliphatic rings. The third kappa shape index (κ3) is 3.32. The Morgan fingerprint density at radius 1 is 0.963 bits per heavy atom. The second-order valence-corrected chi connectivity index (χ2v) is 6.15. The first-order valence-electron chi connectivity index (χ1n) is 8.07. The fourth-order valence-electron chi connectivity index (χ4n) is 2.65. The van der Waals surface area contributed by atoms with Gasteiger partial charge in [-0.2, -0.15) is 0 Å². The van der Waals surface area contributed by atoms with Crippen molar-refractivity contribution >= 4 is 28.5 Å². The predicted octanol–water partition coefficient (Wildman–Crippen LogP) is 4.73. The number of pyridine rings is 1. The standard InChI is InChI=1S/C21H12ClNO4/c22-15-7-5-13(6-8-15)19-20(27-21(25)14-9-11-23-12-10-14)18(24)16-3-1-2-4-17(16)26-19/h1-12H. The average Bonchev–Trinajstić information content (AvgIpc) is 2.71. The Labute approximate surface area is 158 Å². The van der Waals surface area contributed by atoms with Gasteiger partial charge in [0.25, 0.3) is 0 Å². The van der Waals surface area contributed by atoms with Crippen LogP contribution in [0.2, 0.25) is 5.02 Å². The third-order valence-corrected chi connectivity index (χ3v) is 4.23. The van der Waals surface area contributed by atoms with E-state index >= 15 is 0 Å². The van der Waals surface area contributed by atoms with Gasteiger partial charge in [-0.1, -0.05) is 23.7 Å². The van der Waals surface area contributed by atoms with Gasteiger partial charge in [-0.3, -0.25) is 9.78 Å². The third-order valence-electron chi connectivity index (χ3n) is 3.97. The zero-order valence-corrected chi connectivity index (χ0v) is 14.6. The number of para-hydroxylation sites is 1. The Kier molecular flexibility index (Phi) is 4.44. The van der Waals surface area contributed by atoms with Crippen molar-refractivity contribution in [3.05, 3.63) is 93.9 Å². The van der Waals surface area contributed by atoms with Crippen molar-refractivity contribution in [1.29, 1.82) is 0 Å². The quantitative estimate of drug-likeness (QED) is 0.483. The van der Waals surface area contributed by atoms with Gasteiger partial charge in [0, 0.05) is 23.0 Å². The summed E-state index contributed by atoms with van der Waals surface area (Å²) in [6.07, 6.45) is 2.94. The van der Waals surface area contributed by atoms with Gasteiger partial charge < -0.3 is 9.15 Å². The molecule has 5 nitrogen and oxygen atoms in total. The molecule has 0 spiro atoms. The van der Waals surface area contributed by atoms with Crippen LogP contribution in [0.3, 0.4) is 0 Å². The van der Waals surface area contributed by atoms with Gasteiger partial charge >= 0.3 is 5.97 Å². The van der Waals surface area contributed by atoms with E-state index in [4.69, 9.17) is 20.8 Å². The fourth-order valence-corrected chi connectivity index (χ4v) is 2.77. The van der Waals surface area contributed by atoms with E-state index in [1.165, 1.54) is 24.5 Å². The Hall–Kier alpha value is -3.44. The van der Waals surface area contributed by atoms with Crippen molar-refractivity contribution in [2.24, 2.45) is 0 Å². The Morgan fingerprint density at radius 2 is 1.67 bits per heavy atom. The molecule has 0 N–H and O–H groups in total. The van der Waals surface area contributed by atoms with E-state index in [2.05, 4.69) is 4.98 Å². The predicted molar refractivity (Wildman–Crippen MR) is 102 cm³/mol. The molecule has 4 rings (SSSR count). The van der Waals surface area contributed by atoms with Crippen molar-refractivity contribution in [3.8, 4) is 17.1 Å². The molecule has 0 saturated heterocycles. The number of hydrogen-bond donors (Lipinski definition) is 0. The molecule has 2 heterocycles. The van der Waals surface area contributed by atoms with Gasteiger partial charge in [-0.05, 0) is 48.5 Å². The van der Waals surface area contributed by atoms with E-state index in [9.17, 15) is 9.59 Å². The number of aromatic nitrogens is 1. The number of carbonyl (C=O) groups excluding carboxylic acids is 1. The Balaban J connectivity index is 1.90. The molecule has 27 heavy (non-hydrogen) atoms. The molecule has 4 aromatic rings. The van der Waals surface area contributed by atoms with Crippen LogP contribution in [0.5, 0.6) is 5.75 Å². The summed E-state index contributed by atoms with van der Waals surface area (Å²) in [6.45, 7) is 0. The zero-order valence-electron chi connectivity index (χ0n) is 13.9. The van der Waals surface area contributed by atoms with Crippen LogP contribution in [0, 0.1) is 0 Å². The Morgan fingerprint density at radius 3 is 2.41 bits per heavy atom. The molecular formula is C21H12ClNO4. The largest absolute Gasteiger partial charge is 0.452 e. The molecule has 0 aliphatic carbocycles.